The van der Waals surface area contributed by atoms with Gasteiger partial charge in [0.2, 0.25) is 10.0 Å². The predicted molar refractivity (Wildman–Crippen MR) is 137 cm³/mol. The summed E-state index contributed by atoms with van der Waals surface area (Å²) in [7, 11) is -2.43. The third-order valence-electron chi connectivity index (χ3n) is 6.37. The van der Waals surface area contributed by atoms with Gasteiger partial charge >= 0.3 is 0 Å². The van der Waals surface area contributed by atoms with Crippen molar-refractivity contribution >= 4 is 27.3 Å². The number of amides is 1. The van der Waals surface area contributed by atoms with Crippen LogP contribution in [0.4, 0.5) is 10.1 Å². The highest BCUT2D eigenvalue weighted by Gasteiger charge is 2.32. The lowest BCUT2D eigenvalue weighted by atomic mass is 10.0. The highest BCUT2D eigenvalue weighted by Crippen LogP contribution is 2.36. The number of ether oxygens (including phenoxy) is 1. The number of nitrogens with one attached hydrogen (secondary N) is 1. The molecule has 1 N–H and O–H groups in total. The highest BCUT2D eigenvalue weighted by molar-refractivity contribution is 7.89. The molecular formula is C26H26FN5O4S. The zero-order valence-corrected chi connectivity index (χ0v) is 21.5. The molecule has 0 bridgehead atoms. The highest BCUT2D eigenvalue weighted by atomic mass is 32.2. The average Bonchev–Trinajstić information content (AvgIpc) is 3.54. The molecule has 11 heteroatoms. The van der Waals surface area contributed by atoms with E-state index in [1.807, 2.05) is 19.9 Å². The summed E-state index contributed by atoms with van der Waals surface area (Å²) in [6.07, 6.45) is 1.58. The van der Waals surface area contributed by atoms with Crippen LogP contribution in [-0.4, -0.2) is 53.4 Å². The van der Waals surface area contributed by atoms with E-state index in [1.165, 1.54) is 40.2 Å². The molecule has 0 radical (unpaired) electrons. The van der Waals surface area contributed by atoms with Crippen LogP contribution in [0, 0.1) is 19.7 Å². The standard InChI is InChI=1S/C26H26FN5O4S/c1-16-14-17(2)32-25(28-16)23(24(30-32)26(33)29-20-9-5-4-8-19(20)27)18-10-11-21(36-3)22(15-18)37(34,35)31-12-6-7-13-31/h4-5,8-11,14-15H,6-7,12-13H2,1-3H3,(H,29,33). The number of hydrogen-bond acceptors (Lipinski definition) is 6. The summed E-state index contributed by atoms with van der Waals surface area (Å²) < 4.78 is 49.6. The van der Waals surface area contributed by atoms with Crippen LogP contribution in [0.2, 0.25) is 0 Å². The monoisotopic (exact) mass is 523 g/mol. The van der Waals surface area contributed by atoms with Gasteiger partial charge in [0, 0.05) is 24.5 Å². The lowest BCUT2D eigenvalue weighted by Crippen LogP contribution is -2.28. The van der Waals surface area contributed by atoms with Crippen LogP contribution in [0.5, 0.6) is 5.75 Å². The largest absolute Gasteiger partial charge is 0.495 e. The summed E-state index contributed by atoms with van der Waals surface area (Å²) in [4.78, 5) is 18.0. The smallest absolute Gasteiger partial charge is 0.276 e. The maximum atomic E-state index is 14.3. The summed E-state index contributed by atoms with van der Waals surface area (Å²) in [5.74, 6) is -1.04. The van der Waals surface area contributed by atoms with Gasteiger partial charge in [-0.25, -0.2) is 22.3 Å². The van der Waals surface area contributed by atoms with Crippen molar-refractivity contribution in [1.82, 2.24) is 18.9 Å². The second-order valence-corrected chi connectivity index (χ2v) is 10.8. The van der Waals surface area contributed by atoms with Gasteiger partial charge in [-0.3, -0.25) is 4.79 Å². The van der Waals surface area contributed by atoms with Crippen molar-refractivity contribution in [3.63, 3.8) is 0 Å². The second kappa shape index (κ2) is 9.56. The number of hydrogen-bond donors (Lipinski definition) is 1. The Hall–Kier alpha value is -3.83. The quantitative estimate of drug-likeness (QED) is 0.406. The van der Waals surface area contributed by atoms with Crippen LogP contribution in [0.25, 0.3) is 16.8 Å². The van der Waals surface area contributed by atoms with Crippen molar-refractivity contribution in [3.8, 4) is 16.9 Å². The number of nitrogens with zero attached hydrogens (tertiary/aromatic N) is 4. The molecule has 2 aromatic carbocycles. The molecule has 0 saturated carbocycles. The normalized spacial score (nSPS) is 14.3. The molecule has 37 heavy (non-hydrogen) atoms. The molecule has 1 amide bonds. The Balaban J connectivity index is 1.71. The molecule has 1 aliphatic heterocycles. The van der Waals surface area contributed by atoms with Gasteiger partial charge in [0.05, 0.1) is 18.4 Å². The van der Waals surface area contributed by atoms with Gasteiger partial charge in [-0.05, 0) is 62.6 Å². The fraction of sp³-hybridized carbons (Fsp3) is 0.269. The van der Waals surface area contributed by atoms with Gasteiger partial charge in [0.25, 0.3) is 5.91 Å². The molecule has 192 valence electrons. The van der Waals surface area contributed by atoms with Gasteiger partial charge in [-0.15, -0.1) is 0 Å². The first kappa shape index (κ1) is 24.8. The van der Waals surface area contributed by atoms with Gasteiger partial charge in [-0.2, -0.15) is 9.40 Å². The van der Waals surface area contributed by atoms with E-state index in [1.54, 1.807) is 18.2 Å². The van der Waals surface area contributed by atoms with Gasteiger partial charge in [0.1, 0.15) is 16.5 Å². The first-order valence-electron chi connectivity index (χ1n) is 11.8. The number of para-hydroxylation sites is 1. The van der Waals surface area contributed by atoms with E-state index in [0.717, 1.165) is 18.5 Å². The second-order valence-electron chi connectivity index (χ2n) is 8.91. The number of methoxy groups -OCH3 is 1. The van der Waals surface area contributed by atoms with E-state index in [4.69, 9.17) is 4.74 Å². The molecule has 0 atom stereocenters. The first-order chi connectivity index (χ1) is 17.7. The van der Waals surface area contributed by atoms with Gasteiger partial charge < -0.3 is 10.1 Å². The SMILES string of the molecule is COc1ccc(-c2c(C(=O)Nc3ccccc3F)nn3c(C)cc(C)nc23)cc1S(=O)(=O)N1CCCC1. The topological polar surface area (TPSA) is 106 Å². The van der Waals surface area contributed by atoms with Crippen LogP contribution in [0.1, 0.15) is 34.7 Å². The third kappa shape index (κ3) is 4.44. The Bertz CT molecular complexity index is 1630. The molecule has 9 nitrogen and oxygen atoms in total. The number of rotatable bonds is 6. The van der Waals surface area contributed by atoms with Crippen LogP contribution in [0.15, 0.2) is 53.4 Å². The van der Waals surface area contributed by atoms with E-state index >= 15 is 0 Å². The van der Waals surface area contributed by atoms with Crippen molar-refractivity contribution < 1.29 is 22.3 Å². The van der Waals surface area contributed by atoms with E-state index in [-0.39, 0.29) is 22.0 Å². The minimum Gasteiger partial charge on any atom is -0.495 e. The third-order valence-corrected chi connectivity index (χ3v) is 8.29. The van der Waals surface area contributed by atoms with Crippen molar-refractivity contribution in [2.24, 2.45) is 0 Å². The molecule has 5 rings (SSSR count). The number of aromatic nitrogens is 3. The fourth-order valence-electron chi connectivity index (χ4n) is 4.59. The minimum atomic E-state index is -3.84. The number of carbonyl (C=O) groups is 1. The number of fused-ring (bicyclic) bond motifs is 1. The number of aryl methyl sites for hydroxylation is 2. The molecule has 2 aromatic heterocycles. The van der Waals surface area contributed by atoms with Crippen molar-refractivity contribution in [2.75, 3.05) is 25.5 Å². The molecule has 0 aliphatic carbocycles. The summed E-state index contributed by atoms with van der Waals surface area (Å²) >= 11 is 0. The number of carbonyl (C=O) groups excluding carboxylic acids is 1. The Morgan fingerprint density at radius 3 is 2.51 bits per heavy atom. The zero-order valence-electron chi connectivity index (χ0n) is 20.7. The van der Waals surface area contributed by atoms with Crippen LogP contribution >= 0.6 is 0 Å². The van der Waals surface area contributed by atoms with Gasteiger partial charge in [-0.1, -0.05) is 18.2 Å². The predicted octanol–water partition coefficient (Wildman–Crippen LogP) is 4.20. The van der Waals surface area contributed by atoms with E-state index in [2.05, 4.69) is 15.4 Å². The molecule has 1 saturated heterocycles. The number of sulfonamides is 1. The van der Waals surface area contributed by atoms with E-state index in [9.17, 15) is 17.6 Å². The Kier molecular flexibility index (Phi) is 6.42. The maximum Gasteiger partial charge on any atom is 0.276 e. The molecule has 4 aromatic rings. The first-order valence-corrected chi connectivity index (χ1v) is 13.3. The maximum absolute atomic E-state index is 14.3. The Labute approximate surface area is 213 Å². The van der Waals surface area contributed by atoms with Crippen molar-refractivity contribution in [3.05, 3.63) is 71.4 Å². The summed E-state index contributed by atoms with van der Waals surface area (Å²) in [5, 5.41) is 7.07. The number of benzene rings is 2. The molecular weight excluding hydrogens is 497 g/mol. The van der Waals surface area contributed by atoms with Crippen LogP contribution in [0.3, 0.4) is 0 Å². The van der Waals surface area contributed by atoms with Crippen LogP contribution < -0.4 is 10.1 Å². The van der Waals surface area contributed by atoms with Gasteiger partial charge in [0.15, 0.2) is 11.3 Å². The number of halogens is 1. The summed E-state index contributed by atoms with van der Waals surface area (Å²) in [6.45, 7) is 4.51. The van der Waals surface area contributed by atoms with Crippen molar-refractivity contribution in [2.45, 2.75) is 31.6 Å². The zero-order chi connectivity index (χ0) is 26.3. The lowest BCUT2D eigenvalue weighted by Gasteiger charge is -2.18. The van der Waals surface area contributed by atoms with E-state index < -0.39 is 21.7 Å². The molecule has 0 spiro atoms. The molecule has 1 aliphatic rings. The minimum absolute atomic E-state index is 0.00131. The van der Waals surface area contributed by atoms with Crippen molar-refractivity contribution in [1.29, 1.82) is 0 Å². The number of anilines is 1. The fourth-order valence-corrected chi connectivity index (χ4v) is 6.29. The molecule has 0 unspecified atom stereocenters. The lowest BCUT2D eigenvalue weighted by molar-refractivity contribution is 0.102. The average molecular weight is 524 g/mol. The summed E-state index contributed by atoms with van der Waals surface area (Å²) in [6, 6.07) is 12.4. The Morgan fingerprint density at radius 1 is 1.08 bits per heavy atom. The molecule has 3 heterocycles. The van der Waals surface area contributed by atoms with E-state index in [0.29, 0.717) is 35.6 Å². The molecule has 1 fully saturated rings. The summed E-state index contributed by atoms with van der Waals surface area (Å²) in [5.41, 5.74) is 2.55. The van der Waals surface area contributed by atoms with Crippen LogP contribution in [-0.2, 0) is 10.0 Å². The Morgan fingerprint density at radius 2 is 1.81 bits per heavy atom.